The lowest BCUT2D eigenvalue weighted by Gasteiger charge is -2.32. The van der Waals surface area contributed by atoms with Crippen molar-refractivity contribution in [3.05, 3.63) is 66.2 Å². The molecule has 170 valence electrons. The Balaban J connectivity index is 1.01. The van der Waals surface area contributed by atoms with E-state index in [4.69, 9.17) is 0 Å². The van der Waals surface area contributed by atoms with Crippen LogP contribution in [0.2, 0.25) is 0 Å². The summed E-state index contributed by atoms with van der Waals surface area (Å²) in [4.78, 5) is 37.8. The lowest BCUT2D eigenvalue weighted by Crippen LogP contribution is -2.38. The van der Waals surface area contributed by atoms with Crippen molar-refractivity contribution in [1.29, 1.82) is 0 Å². The maximum Gasteiger partial charge on any atom is 0.253 e. The van der Waals surface area contributed by atoms with Gasteiger partial charge in [-0.05, 0) is 61.6 Å². The van der Waals surface area contributed by atoms with Crippen LogP contribution in [0.25, 0.3) is 21.8 Å². The largest absolute Gasteiger partial charge is 0.361 e. The van der Waals surface area contributed by atoms with Gasteiger partial charge in [0.25, 0.3) is 5.91 Å². The Bertz CT molecular complexity index is 1230. The maximum absolute atomic E-state index is 12.9. The first-order valence-electron chi connectivity index (χ1n) is 12.0. The van der Waals surface area contributed by atoms with Gasteiger partial charge in [-0.3, -0.25) is 14.6 Å². The van der Waals surface area contributed by atoms with Gasteiger partial charge in [0.1, 0.15) is 0 Å². The minimum atomic E-state index is 0.142. The first-order chi connectivity index (χ1) is 16.2. The van der Waals surface area contributed by atoms with Crippen LogP contribution in [0.5, 0.6) is 0 Å². The molecule has 3 aromatic heterocycles. The zero-order valence-electron chi connectivity index (χ0n) is 18.8. The normalized spacial score (nSPS) is 14.8. The van der Waals surface area contributed by atoms with Gasteiger partial charge in [-0.1, -0.05) is 19.3 Å². The zero-order valence-corrected chi connectivity index (χ0v) is 18.8. The molecule has 33 heavy (non-hydrogen) atoms. The molecule has 0 bridgehead atoms. The van der Waals surface area contributed by atoms with E-state index in [0.717, 1.165) is 72.6 Å². The quantitative estimate of drug-likeness (QED) is 0.270. The van der Waals surface area contributed by atoms with Gasteiger partial charge in [-0.25, -0.2) is 0 Å². The van der Waals surface area contributed by atoms with Gasteiger partial charge in [-0.15, -0.1) is 0 Å². The Hall–Kier alpha value is -3.41. The van der Waals surface area contributed by atoms with E-state index < -0.39 is 0 Å². The third-order valence-electron chi connectivity index (χ3n) is 6.94. The van der Waals surface area contributed by atoms with Gasteiger partial charge in [0.15, 0.2) is 5.78 Å². The number of hydrogen-bond acceptors (Lipinski definition) is 3. The van der Waals surface area contributed by atoms with Crippen LogP contribution in [0.15, 0.2) is 55.0 Å². The number of carbonyl (C=O) groups is 2. The number of aromatic amines is 2. The van der Waals surface area contributed by atoms with Crippen molar-refractivity contribution in [3.63, 3.8) is 0 Å². The fourth-order valence-electron chi connectivity index (χ4n) is 4.95. The molecule has 6 heteroatoms. The monoisotopic (exact) mass is 442 g/mol. The summed E-state index contributed by atoms with van der Waals surface area (Å²) in [6.45, 7) is 1.67. The molecule has 1 aliphatic rings. The predicted octanol–water partition coefficient (Wildman–Crippen LogP) is 5.73. The second kappa shape index (κ2) is 9.61. The molecule has 1 saturated heterocycles. The van der Waals surface area contributed by atoms with E-state index in [1.807, 2.05) is 47.5 Å². The molecule has 1 amide bonds. The number of H-pyrrole nitrogens is 2. The molecule has 1 aromatic carbocycles. The average molecular weight is 443 g/mol. The molecular weight excluding hydrogens is 412 g/mol. The maximum atomic E-state index is 12.9. The molecule has 1 aliphatic heterocycles. The highest BCUT2D eigenvalue weighted by atomic mass is 16.2. The van der Waals surface area contributed by atoms with Gasteiger partial charge in [0, 0.05) is 65.5 Å². The van der Waals surface area contributed by atoms with E-state index in [1.165, 1.54) is 6.42 Å². The van der Waals surface area contributed by atoms with E-state index in [0.29, 0.717) is 18.0 Å². The number of ketones is 1. The van der Waals surface area contributed by atoms with Crippen molar-refractivity contribution in [1.82, 2.24) is 19.9 Å². The number of nitrogens with zero attached hydrogens (tertiary/aromatic N) is 2. The van der Waals surface area contributed by atoms with Crippen molar-refractivity contribution in [2.24, 2.45) is 5.92 Å². The van der Waals surface area contributed by atoms with Crippen LogP contribution in [0.3, 0.4) is 0 Å². The molecule has 0 unspecified atom stereocenters. The van der Waals surface area contributed by atoms with Crippen LogP contribution < -0.4 is 0 Å². The van der Waals surface area contributed by atoms with Crippen molar-refractivity contribution in [3.8, 4) is 0 Å². The Morgan fingerprint density at radius 1 is 0.970 bits per heavy atom. The zero-order chi connectivity index (χ0) is 22.6. The van der Waals surface area contributed by atoms with Crippen molar-refractivity contribution in [2.75, 3.05) is 13.1 Å². The fraction of sp³-hybridized carbons (Fsp3) is 0.370. The summed E-state index contributed by atoms with van der Waals surface area (Å²) >= 11 is 0. The minimum absolute atomic E-state index is 0.142. The lowest BCUT2D eigenvalue weighted by molar-refractivity contribution is 0.0686. The molecule has 0 aliphatic carbocycles. The number of piperidine rings is 1. The van der Waals surface area contributed by atoms with Crippen LogP contribution in [-0.2, 0) is 0 Å². The summed E-state index contributed by atoms with van der Waals surface area (Å²) < 4.78 is 0. The van der Waals surface area contributed by atoms with E-state index in [1.54, 1.807) is 12.4 Å². The SMILES string of the molecule is O=C(CCCCCC1CCN(C(=O)c2ccc3[nH]ccc3c2)CC1)c1cc2cnccc2[nH]1. The van der Waals surface area contributed by atoms with Crippen molar-refractivity contribution >= 4 is 33.5 Å². The summed E-state index contributed by atoms with van der Waals surface area (Å²) in [5.41, 5.74) is 3.48. The van der Waals surface area contributed by atoms with E-state index in [2.05, 4.69) is 15.0 Å². The van der Waals surface area contributed by atoms with Crippen LogP contribution in [0.4, 0.5) is 0 Å². The number of unbranched alkanes of at least 4 members (excludes halogenated alkanes) is 2. The van der Waals surface area contributed by atoms with E-state index in [9.17, 15) is 9.59 Å². The summed E-state index contributed by atoms with van der Waals surface area (Å²) in [6, 6.07) is 11.7. The first kappa shape index (κ1) is 21.4. The molecule has 6 nitrogen and oxygen atoms in total. The Labute approximate surface area is 193 Å². The number of aromatic nitrogens is 3. The molecule has 4 aromatic rings. The molecule has 1 fully saturated rings. The molecule has 0 radical (unpaired) electrons. The van der Waals surface area contributed by atoms with Gasteiger partial charge in [0.2, 0.25) is 0 Å². The number of pyridine rings is 1. The molecule has 0 spiro atoms. The van der Waals surface area contributed by atoms with Crippen LogP contribution >= 0.6 is 0 Å². The van der Waals surface area contributed by atoms with Crippen molar-refractivity contribution in [2.45, 2.75) is 44.9 Å². The van der Waals surface area contributed by atoms with Crippen molar-refractivity contribution < 1.29 is 9.59 Å². The average Bonchev–Trinajstić information content (AvgIpc) is 3.50. The predicted molar refractivity (Wildman–Crippen MR) is 130 cm³/mol. The second-order valence-corrected chi connectivity index (χ2v) is 9.18. The molecular formula is C27H30N4O2. The van der Waals surface area contributed by atoms with Crippen LogP contribution in [-0.4, -0.2) is 44.6 Å². The summed E-state index contributed by atoms with van der Waals surface area (Å²) in [7, 11) is 0. The number of benzene rings is 1. The summed E-state index contributed by atoms with van der Waals surface area (Å²) in [5.74, 6) is 0.997. The number of rotatable bonds is 8. The fourth-order valence-corrected chi connectivity index (χ4v) is 4.95. The number of fused-ring (bicyclic) bond motifs is 2. The Morgan fingerprint density at radius 2 is 1.85 bits per heavy atom. The lowest BCUT2D eigenvalue weighted by atomic mass is 9.90. The van der Waals surface area contributed by atoms with E-state index in [-0.39, 0.29) is 11.7 Å². The number of hydrogen-bond donors (Lipinski definition) is 2. The number of carbonyl (C=O) groups excluding carboxylic acids is 2. The Morgan fingerprint density at radius 3 is 2.70 bits per heavy atom. The molecule has 0 atom stereocenters. The van der Waals surface area contributed by atoms with Gasteiger partial charge in [-0.2, -0.15) is 0 Å². The van der Waals surface area contributed by atoms with Gasteiger partial charge < -0.3 is 14.9 Å². The standard InChI is InChI=1S/C27H30N4O2/c32-26(25-17-22-18-28-12-9-24(22)30-25)5-3-1-2-4-19-10-14-31(15-11-19)27(33)21-6-7-23-20(16-21)8-13-29-23/h6-9,12-13,16-19,29-30H,1-5,10-11,14-15H2. The van der Waals surface area contributed by atoms with Gasteiger partial charge in [0.05, 0.1) is 5.69 Å². The third-order valence-corrected chi connectivity index (χ3v) is 6.94. The number of amides is 1. The molecule has 0 saturated carbocycles. The highest BCUT2D eigenvalue weighted by molar-refractivity contribution is 5.99. The van der Waals surface area contributed by atoms with Crippen LogP contribution in [0, 0.1) is 5.92 Å². The minimum Gasteiger partial charge on any atom is -0.361 e. The summed E-state index contributed by atoms with van der Waals surface area (Å²) in [5, 5.41) is 2.06. The topological polar surface area (TPSA) is 81.8 Å². The number of Topliss-reactive ketones (excluding diaryl/α,β-unsaturated/α-hetero) is 1. The number of nitrogens with one attached hydrogen (secondary N) is 2. The number of likely N-dealkylation sites (tertiary alicyclic amines) is 1. The summed E-state index contributed by atoms with van der Waals surface area (Å²) in [6.07, 6.45) is 12.5. The Kier molecular flexibility index (Phi) is 6.24. The molecule has 2 N–H and O–H groups in total. The van der Waals surface area contributed by atoms with E-state index >= 15 is 0 Å². The highest BCUT2D eigenvalue weighted by Crippen LogP contribution is 2.25. The third kappa shape index (κ3) is 4.85. The highest BCUT2D eigenvalue weighted by Gasteiger charge is 2.23. The van der Waals surface area contributed by atoms with Gasteiger partial charge >= 0.3 is 0 Å². The first-order valence-corrected chi connectivity index (χ1v) is 12.0. The molecule has 4 heterocycles. The molecule has 5 rings (SSSR count). The smallest absolute Gasteiger partial charge is 0.253 e. The second-order valence-electron chi connectivity index (χ2n) is 9.18. The van der Waals surface area contributed by atoms with Crippen LogP contribution in [0.1, 0.15) is 65.8 Å².